The van der Waals surface area contributed by atoms with E-state index in [2.05, 4.69) is 276 Å². The van der Waals surface area contributed by atoms with Gasteiger partial charge in [0, 0.05) is 5.92 Å². The Morgan fingerprint density at radius 3 is 1.32 bits per heavy atom. The molecule has 0 aromatic heterocycles. The summed E-state index contributed by atoms with van der Waals surface area (Å²) in [7, 11) is 0. The SMILES string of the molecule is Cc1ccccc1-c1cc(-c2ccc3ccc4c(-c5ccc(-c6ccc(-c7ccc(-c8ccc9c%10c%11c(ccc8%10)C=CC(c8ccc(C)c(-c%10ccccc%10C)c8)C%11=CC9)cc7)cc6)cc5)ccc5ccc2c3c54)ccc1C. The van der Waals surface area contributed by atoms with Crippen molar-refractivity contribution in [1.82, 2.24) is 0 Å². The summed E-state index contributed by atoms with van der Waals surface area (Å²) in [4.78, 5) is 0. The first-order valence-electron chi connectivity index (χ1n) is 27.6. The maximum absolute atomic E-state index is 2.49. The van der Waals surface area contributed by atoms with Gasteiger partial charge in [0.2, 0.25) is 0 Å². The summed E-state index contributed by atoms with van der Waals surface area (Å²) in [6, 6.07) is 86.9. The third-order valence-corrected chi connectivity index (χ3v) is 17.6. The fourth-order valence-electron chi connectivity index (χ4n) is 13.4. The lowest BCUT2D eigenvalue weighted by Gasteiger charge is -2.30. The summed E-state index contributed by atoms with van der Waals surface area (Å²) in [5.41, 5.74) is 29.7. The van der Waals surface area contributed by atoms with Crippen LogP contribution in [0.25, 0.3) is 133 Å². The molecule has 13 aromatic rings. The van der Waals surface area contributed by atoms with E-state index >= 15 is 0 Å². The van der Waals surface area contributed by atoms with E-state index in [4.69, 9.17) is 0 Å². The predicted octanol–water partition coefficient (Wildman–Crippen LogP) is 21.4. The van der Waals surface area contributed by atoms with Crippen LogP contribution in [0.15, 0.2) is 243 Å². The molecular formula is C78H56. The van der Waals surface area contributed by atoms with Crippen LogP contribution in [0.2, 0.25) is 0 Å². The van der Waals surface area contributed by atoms with Gasteiger partial charge < -0.3 is 0 Å². The molecule has 0 radical (unpaired) electrons. The van der Waals surface area contributed by atoms with Crippen LogP contribution < -0.4 is 0 Å². The van der Waals surface area contributed by atoms with Gasteiger partial charge in [0.15, 0.2) is 0 Å². The molecule has 0 spiro atoms. The Kier molecular flexibility index (Phi) is 10.7. The normalized spacial score (nSPS) is 13.7. The van der Waals surface area contributed by atoms with Crippen LogP contribution in [0, 0.1) is 27.7 Å². The van der Waals surface area contributed by atoms with E-state index in [1.807, 2.05) is 0 Å². The van der Waals surface area contributed by atoms with Crippen molar-refractivity contribution in [2.45, 2.75) is 40.0 Å². The van der Waals surface area contributed by atoms with Crippen molar-refractivity contribution >= 4 is 54.7 Å². The molecule has 0 heteroatoms. The molecule has 0 bridgehead atoms. The summed E-state index contributed by atoms with van der Waals surface area (Å²) >= 11 is 0. The Balaban J connectivity index is 0.695. The Hall–Kier alpha value is -9.36. The second-order valence-electron chi connectivity index (χ2n) is 22.0. The van der Waals surface area contributed by atoms with Crippen molar-refractivity contribution in [3.8, 4) is 77.9 Å². The quantitative estimate of drug-likeness (QED) is 0.133. The Morgan fingerprint density at radius 1 is 0.321 bits per heavy atom. The number of allylic oxidation sites excluding steroid dienone is 3. The molecule has 0 saturated heterocycles. The molecule has 0 fully saturated rings. The van der Waals surface area contributed by atoms with E-state index in [0.29, 0.717) is 0 Å². The van der Waals surface area contributed by atoms with Gasteiger partial charge in [-0.2, -0.15) is 0 Å². The topological polar surface area (TPSA) is 0 Å². The van der Waals surface area contributed by atoms with Crippen LogP contribution in [-0.2, 0) is 6.42 Å². The molecule has 2 aliphatic carbocycles. The number of benzene rings is 13. The summed E-state index contributed by atoms with van der Waals surface area (Å²) in [6.45, 7) is 8.88. The van der Waals surface area contributed by atoms with E-state index in [-0.39, 0.29) is 5.92 Å². The van der Waals surface area contributed by atoms with Gasteiger partial charge in [0.05, 0.1) is 0 Å². The molecule has 13 aromatic carbocycles. The summed E-state index contributed by atoms with van der Waals surface area (Å²) < 4.78 is 0. The van der Waals surface area contributed by atoms with E-state index in [0.717, 1.165) is 6.42 Å². The second-order valence-corrected chi connectivity index (χ2v) is 22.0. The lowest BCUT2D eigenvalue weighted by molar-refractivity contribution is 1.07. The minimum absolute atomic E-state index is 0.207. The first kappa shape index (κ1) is 46.0. The first-order valence-corrected chi connectivity index (χ1v) is 27.6. The summed E-state index contributed by atoms with van der Waals surface area (Å²) in [6.07, 6.45) is 8.21. The molecule has 0 saturated carbocycles. The Morgan fingerprint density at radius 2 is 0.756 bits per heavy atom. The largest absolute Gasteiger partial charge is 0.0753 e. The molecule has 2 aliphatic rings. The lowest BCUT2D eigenvalue weighted by atomic mass is 9.73. The van der Waals surface area contributed by atoms with Gasteiger partial charge in [-0.1, -0.05) is 237 Å². The Labute approximate surface area is 457 Å². The van der Waals surface area contributed by atoms with Crippen molar-refractivity contribution in [3.05, 3.63) is 287 Å². The number of hydrogen-bond donors (Lipinski definition) is 0. The van der Waals surface area contributed by atoms with E-state index in [9.17, 15) is 0 Å². The molecule has 368 valence electrons. The fourth-order valence-corrected chi connectivity index (χ4v) is 13.4. The highest BCUT2D eigenvalue weighted by molar-refractivity contribution is 6.27. The van der Waals surface area contributed by atoms with Crippen LogP contribution in [0.4, 0.5) is 0 Å². The molecule has 0 N–H and O–H groups in total. The van der Waals surface area contributed by atoms with Gasteiger partial charge in [-0.15, -0.1) is 0 Å². The van der Waals surface area contributed by atoms with Gasteiger partial charge in [-0.3, -0.25) is 0 Å². The maximum atomic E-state index is 2.49. The predicted molar refractivity (Wildman–Crippen MR) is 335 cm³/mol. The molecule has 0 nitrogen and oxygen atoms in total. The van der Waals surface area contributed by atoms with E-state index in [1.165, 1.54) is 171 Å². The average molecular weight is 993 g/mol. The van der Waals surface area contributed by atoms with E-state index in [1.54, 1.807) is 0 Å². The average Bonchev–Trinajstić information content (AvgIpc) is 3.55. The van der Waals surface area contributed by atoms with Crippen molar-refractivity contribution in [1.29, 1.82) is 0 Å². The highest BCUT2D eigenvalue weighted by Crippen LogP contribution is 2.49. The first-order chi connectivity index (χ1) is 38.3. The van der Waals surface area contributed by atoms with E-state index < -0.39 is 0 Å². The third kappa shape index (κ3) is 7.43. The van der Waals surface area contributed by atoms with Gasteiger partial charge in [-0.05, 0) is 217 Å². The molecule has 78 heavy (non-hydrogen) atoms. The number of hydrogen-bond acceptors (Lipinski definition) is 0. The molecule has 1 atom stereocenters. The maximum Gasteiger partial charge on any atom is 0.0276 e. The minimum Gasteiger partial charge on any atom is -0.0753 e. The second kappa shape index (κ2) is 18.2. The van der Waals surface area contributed by atoms with Crippen molar-refractivity contribution < 1.29 is 0 Å². The molecule has 1 unspecified atom stereocenters. The van der Waals surface area contributed by atoms with Crippen LogP contribution in [0.1, 0.15) is 50.4 Å². The summed E-state index contributed by atoms with van der Waals surface area (Å²) in [5, 5.41) is 10.5. The van der Waals surface area contributed by atoms with Gasteiger partial charge in [0.1, 0.15) is 0 Å². The molecular weight excluding hydrogens is 937 g/mol. The number of aryl methyl sites for hydroxylation is 4. The van der Waals surface area contributed by atoms with Gasteiger partial charge >= 0.3 is 0 Å². The molecule has 0 amide bonds. The van der Waals surface area contributed by atoms with Gasteiger partial charge in [-0.25, -0.2) is 0 Å². The molecule has 15 rings (SSSR count). The molecule has 0 heterocycles. The lowest BCUT2D eigenvalue weighted by Crippen LogP contribution is -2.10. The molecule has 0 aliphatic heterocycles. The zero-order valence-corrected chi connectivity index (χ0v) is 44.5. The highest BCUT2D eigenvalue weighted by atomic mass is 14.3. The van der Waals surface area contributed by atoms with Crippen LogP contribution in [0.5, 0.6) is 0 Å². The zero-order chi connectivity index (χ0) is 52.2. The minimum atomic E-state index is 0.207. The van der Waals surface area contributed by atoms with Crippen molar-refractivity contribution in [2.24, 2.45) is 0 Å². The summed E-state index contributed by atoms with van der Waals surface area (Å²) in [5.74, 6) is 0.207. The van der Waals surface area contributed by atoms with Crippen molar-refractivity contribution in [3.63, 3.8) is 0 Å². The fraction of sp³-hybridized carbons (Fsp3) is 0.0769. The monoisotopic (exact) mass is 992 g/mol. The van der Waals surface area contributed by atoms with Crippen molar-refractivity contribution in [2.75, 3.05) is 0 Å². The highest BCUT2D eigenvalue weighted by Gasteiger charge is 2.28. The smallest absolute Gasteiger partial charge is 0.0276 e. The van der Waals surface area contributed by atoms with Crippen LogP contribution >= 0.6 is 0 Å². The van der Waals surface area contributed by atoms with Gasteiger partial charge in [0.25, 0.3) is 0 Å². The van der Waals surface area contributed by atoms with Crippen LogP contribution in [-0.4, -0.2) is 0 Å². The number of rotatable bonds is 8. The Bertz CT molecular complexity index is 4630. The third-order valence-electron chi connectivity index (χ3n) is 17.6. The van der Waals surface area contributed by atoms with Crippen LogP contribution in [0.3, 0.4) is 0 Å². The zero-order valence-electron chi connectivity index (χ0n) is 44.5. The standard InChI is InChI=1S/C78H56/c1-47-9-5-7-11-63(47)73-45-61(15-13-49(73)3)67-39-31-59-33-41-69-65(37-29-57-35-43-71(67)77(59)75(57)69)55-25-21-53(22-26-55)51-17-19-52(20-18-51)54-23-27-56(28-24-54)66-38-30-58-36-44-72-68(40-32-60-34-42-70(66)76(58)78(60)72)62-16-14-50(4)74(46-62)64-12-8-6-10-48(64)2/h5-35,37-46,68H,36H2,1-4H3.